The van der Waals surface area contributed by atoms with Gasteiger partial charge >= 0.3 is 5.97 Å². The molecule has 3 atom stereocenters. The van der Waals surface area contributed by atoms with Crippen LogP contribution in [-0.2, 0) is 14.3 Å². The Hall–Kier alpha value is -1.10. The summed E-state index contributed by atoms with van der Waals surface area (Å²) >= 11 is 0. The number of nitrogens with zero attached hydrogens (tertiary/aromatic N) is 1. The number of ether oxygens (including phenoxy) is 1. The van der Waals surface area contributed by atoms with Gasteiger partial charge in [0.1, 0.15) is 0 Å². The Balaban J connectivity index is 1.91. The van der Waals surface area contributed by atoms with Crippen LogP contribution < -0.4 is 0 Å². The SMILES string of the molecule is CC(CC(=O)O)CC(=O)N1CCOC2CCCCC21. The summed E-state index contributed by atoms with van der Waals surface area (Å²) < 4.78 is 5.74. The van der Waals surface area contributed by atoms with Crippen molar-refractivity contribution in [1.29, 1.82) is 0 Å². The number of hydrogen-bond donors (Lipinski definition) is 1. The molecule has 1 heterocycles. The smallest absolute Gasteiger partial charge is 0.303 e. The molecule has 2 fully saturated rings. The van der Waals surface area contributed by atoms with Gasteiger partial charge in [-0.05, 0) is 18.8 Å². The van der Waals surface area contributed by atoms with Crippen LogP contribution in [0.2, 0.25) is 0 Å². The second-order valence-electron chi connectivity index (χ2n) is 5.76. The topological polar surface area (TPSA) is 66.8 Å². The fraction of sp³-hybridized carbons (Fsp3) is 0.857. The van der Waals surface area contributed by atoms with E-state index < -0.39 is 5.97 Å². The van der Waals surface area contributed by atoms with Crippen LogP contribution in [0, 0.1) is 5.92 Å². The Morgan fingerprint density at radius 3 is 2.79 bits per heavy atom. The molecule has 0 spiro atoms. The minimum absolute atomic E-state index is 0.0597. The van der Waals surface area contributed by atoms with E-state index in [0.29, 0.717) is 19.6 Å². The monoisotopic (exact) mass is 269 g/mol. The van der Waals surface area contributed by atoms with Crippen molar-refractivity contribution in [3.05, 3.63) is 0 Å². The molecule has 108 valence electrons. The molecule has 1 saturated carbocycles. The van der Waals surface area contributed by atoms with E-state index in [-0.39, 0.29) is 30.4 Å². The number of rotatable bonds is 4. The fourth-order valence-corrected chi connectivity index (χ4v) is 3.19. The number of carboxylic acids is 1. The second-order valence-corrected chi connectivity index (χ2v) is 5.76. The zero-order valence-electron chi connectivity index (χ0n) is 11.5. The van der Waals surface area contributed by atoms with Gasteiger partial charge in [-0.25, -0.2) is 0 Å². The number of amides is 1. The van der Waals surface area contributed by atoms with Crippen molar-refractivity contribution < 1.29 is 19.4 Å². The standard InChI is InChI=1S/C14H23NO4/c1-10(9-14(17)18)8-13(16)15-6-7-19-12-5-3-2-4-11(12)15/h10-12H,2-9H2,1H3,(H,17,18). The summed E-state index contributed by atoms with van der Waals surface area (Å²) in [6.07, 6.45) is 4.97. The van der Waals surface area contributed by atoms with Gasteiger partial charge in [-0.3, -0.25) is 9.59 Å². The Bertz CT molecular complexity index is 342. The number of aliphatic carboxylic acids is 1. The lowest BCUT2D eigenvalue weighted by molar-refractivity contribution is -0.150. The highest BCUT2D eigenvalue weighted by Gasteiger charge is 2.36. The van der Waals surface area contributed by atoms with Crippen molar-refractivity contribution >= 4 is 11.9 Å². The first kappa shape index (κ1) is 14.3. The minimum atomic E-state index is -0.835. The Morgan fingerprint density at radius 2 is 2.05 bits per heavy atom. The van der Waals surface area contributed by atoms with E-state index in [1.54, 1.807) is 0 Å². The summed E-state index contributed by atoms with van der Waals surface area (Å²) in [7, 11) is 0. The zero-order valence-corrected chi connectivity index (χ0v) is 11.5. The number of morpholine rings is 1. The molecule has 3 unspecified atom stereocenters. The zero-order chi connectivity index (χ0) is 13.8. The lowest BCUT2D eigenvalue weighted by Gasteiger charge is -2.44. The number of carbonyl (C=O) groups is 2. The number of fused-ring (bicyclic) bond motifs is 1. The summed E-state index contributed by atoms with van der Waals surface area (Å²) in [4.78, 5) is 24.9. The van der Waals surface area contributed by atoms with Gasteiger partial charge < -0.3 is 14.7 Å². The molecule has 2 rings (SSSR count). The van der Waals surface area contributed by atoms with E-state index in [1.807, 2.05) is 11.8 Å². The lowest BCUT2D eigenvalue weighted by atomic mass is 9.89. The predicted octanol–water partition coefficient (Wildman–Crippen LogP) is 1.66. The summed E-state index contributed by atoms with van der Waals surface area (Å²) in [6.45, 7) is 3.09. The maximum absolute atomic E-state index is 12.3. The maximum Gasteiger partial charge on any atom is 0.303 e. The average molecular weight is 269 g/mol. The van der Waals surface area contributed by atoms with Crippen LogP contribution in [0.1, 0.15) is 45.4 Å². The second kappa shape index (κ2) is 6.37. The van der Waals surface area contributed by atoms with Crippen molar-refractivity contribution in [3.63, 3.8) is 0 Å². The Labute approximate surface area is 113 Å². The Morgan fingerprint density at radius 1 is 1.32 bits per heavy atom. The first-order valence-corrected chi connectivity index (χ1v) is 7.21. The maximum atomic E-state index is 12.3. The van der Waals surface area contributed by atoms with Gasteiger partial charge in [-0.2, -0.15) is 0 Å². The molecule has 2 aliphatic rings. The normalized spacial score (nSPS) is 28.6. The number of hydrogen-bond acceptors (Lipinski definition) is 3. The van der Waals surface area contributed by atoms with Crippen LogP contribution in [-0.4, -0.2) is 47.2 Å². The molecule has 1 aliphatic heterocycles. The molecular formula is C14H23NO4. The van der Waals surface area contributed by atoms with Gasteiger partial charge in [0, 0.05) is 19.4 Å². The highest BCUT2D eigenvalue weighted by atomic mass is 16.5. The molecule has 1 saturated heterocycles. The van der Waals surface area contributed by atoms with Crippen molar-refractivity contribution in [2.75, 3.05) is 13.2 Å². The van der Waals surface area contributed by atoms with Crippen LogP contribution in [0.15, 0.2) is 0 Å². The third-order valence-corrected chi connectivity index (χ3v) is 4.10. The van der Waals surface area contributed by atoms with Crippen molar-refractivity contribution in [2.45, 2.75) is 57.6 Å². The Kier molecular flexibility index (Phi) is 4.80. The minimum Gasteiger partial charge on any atom is -0.481 e. The van der Waals surface area contributed by atoms with Gasteiger partial charge in [0.25, 0.3) is 0 Å². The molecule has 5 heteroatoms. The molecule has 0 radical (unpaired) electrons. The summed E-state index contributed by atoms with van der Waals surface area (Å²) in [5.41, 5.74) is 0. The predicted molar refractivity (Wildman–Crippen MR) is 69.7 cm³/mol. The molecule has 1 N–H and O–H groups in total. The van der Waals surface area contributed by atoms with E-state index in [4.69, 9.17) is 9.84 Å². The van der Waals surface area contributed by atoms with Crippen LogP contribution in [0.5, 0.6) is 0 Å². The highest BCUT2D eigenvalue weighted by molar-refractivity contribution is 5.78. The summed E-state index contributed by atoms with van der Waals surface area (Å²) in [6, 6.07) is 0.215. The molecule has 1 amide bonds. The largest absolute Gasteiger partial charge is 0.481 e. The van der Waals surface area contributed by atoms with Gasteiger partial charge in [0.15, 0.2) is 0 Å². The molecule has 5 nitrogen and oxygen atoms in total. The third kappa shape index (κ3) is 3.69. The van der Waals surface area contributed by atoms with Crippen molar-refractivity contribution in [1.82, 2.24) is 4.90 Å². The van der Waals surface area contributed by atoms with Gasteiger partial charge in [0.05, 0.1) is 18.8 Å². The molecule has 0 aromatic heterocycles. The first-order valence-electron chi connectivity index (χ1n) is 7.21. The summed E-state index contributed by atoms with van der Waals surface area (Å²) in [5, 5.41) is 8.75. The lowest BCUT2D eigenvalue weighted by Crippen LogP contribution is -2.55. The molecule has 19 heavy (non-hydrogen) atoms. The van der Waals surface area contributed by atoms with Crippen molar-refractivity contribution in [2.24, 2.45) is 5.92 Å². The van der Waals surface area contributed by atoms with Crippen LogP contribution >= 0.6 is 0 Å². The average Bonchev–Trinajstić information content (AvgIpc) is 2.36. The van der Waals surface area contributed by atoms with E-state index in [1.165, 1.54) is 6.42 Å². The number of carbonyl (C=O) groups excluding carboxylic acids is 1. The quantitative estimate of drug-likeness (QED) is 0.843. The van der Waals surface area contributed by atoms with Crippen LogP contribution in [0.4, 0.5) is 0 Å². The first-order chi connectivity index (χ1) is 9.08. The third-order valence-electron chi connectivity index (χ3n) is 4.10. The molecule has 0 bridgehead atoms. The van der Waals surface area contributed by atoms with Gasteiger partial charge in [-0.15, -0.1) is 0 Å². The van der Waals surface area contributed by atoms with Crippen LogP contribution in [0.25, 0.3) is 0 Å². The fourth-order valence-electron chi connectivity index (χ4n) is 3.19. The number of carboxylic acid groups (broad SMARTS) is 1. The molecule has 0 aromatic rings. The van der Waals surface area contributed by atoms with Gasteiger partial charge in [-0.1, -0.05) is 19.8 Å². The van der Waals surface area contributed by atoms with E-state index in [2.05, 4.69) is 0 Å². The van der Waals surface area contributed by atoms with Gasteiger partial charge in [0.2, 0.25) is 5.91 Å². The van der Waals surface area contributed by atoms with E-state index in [0.717, 1.165) is 19.3 Å². The molecule has 1 aliphatic carbocycles. The van der Waals surface area contributed by atoms with Crippen molar-refractivity contribution in [3.8, 4) is 0 Å². The highest BCUT2D eigenvalue weighted by Crippen LogP contribution is 2.29. The molecule has 0 aromatic carbocycles. The van der Waals surface area contributed by atoms with E-state index in [9.17, 15) is 9.59 Å². The van der Waals surface area contributed by atoms with E-state index >= 15 is 0 Å². The van der Waals surface area contributed by atoms with Crippen LogP contribution in [0.3, 0.4) is 0 Å². The molecular weight excluding hydrogens is 246 g/mol. The summed E-state index contributed by atoms with van der Waals surface area (Å²) in [5.74, 6) is -0.846.